The molecule has 6 heteroatoms. The summed E-state index contributed by atoms with van der Waals surface area (Å²) in [5.41, 5.74) is 3.30. The molecule has 0 unspecified atom stereocenters. The fourth-order valence-corrected chi connectivity index (χ4v) is 3.32. The topological polar surface area (TPSA) is 63.1 Å². The molecule has 0 saturated carbocycles. The average molecular weight is 341 g/mol. The fraction of sp³-hybridized carbons (Fsp3) is 0.526. The van der Waals surface area contributed by atoms with Crippen LogP contribution in [0.3, 0.4) is 0 Å². The van der Waals surface area contributed by atoms with Gasteiger partial charge in [0.05, 0.1) is 11.3 Å². The largest absolute Gasteiger partial charge is 0.357 e. The Labute approximate surface area is 149 Å². The van der Waals surface area contributed by atoms with Crippen molar-refractivity contribution in [2.24, 2.45) is 13.0 Å². The Morgan fingerprint density at radius 2 is 2.00 bits per heavy atom. The summed E-state index contributed by atoms with van der Waals surface area (Å²) >= 11 is 0. The quantitative estimate of drug-likeness (QED) is 0.928. The number of carbonyl (C=O) groups is 1. The number of aromatic nitrogens is 3. The molecule has 0 spiro atoms. The van der Waals surface area contributed by atoms with Crippen LogP contribution in [0.1, 0.15) is 47.1 Å². The number of amides is 1. The van der Waals surface area contributed by atoms with E-state index in [4.69, 9.17) is 0 Å². The van der Waals surface area contributed by atoms with E-state index in [9.17, 15) is 4.79 Å². The molecule has 1 saturated heterocycles. The zero-order valence-electron chi connectivity index (χ0n) is 15.5. The Bertz CT molecular complexity index is 742. The van der Waals surface area contributed by atoms with E-state index >= 15 is 0 Å². The van der Waals surface area contributed by atoms with E-state index < -0.39 is 0 Å². The Kier molecular flexibility index (Phi) is 5.06. The molecule has 1 N–H and O–H groups in total. The molecule has 0 bridgehead atoms. The van der Waals surface area contributed by atoms with Crippen molar-refractivity contribution >= 4 is 11.7 Å². The summed E-state index contributed by atoms with van der Waals surface area (Å²) in [4.78, 5) is 19.3. The average Bonchev–Trinajstić information content (AvgIpc) is 2.86. The molecule has 0 aromatic carbocycles. The fourth-order valence-electron chi connectivity index (χ4n) is 3.32. The van der Waals surface area contributed by atoms with Crippen LogP contribution in [-0.4, -0.2) is 33.8 Å². The zero-order valence-corrected chi connectivity index (χ0v) is 15.5. The molecule has 0 atom stereocenters. The van der Waals surface area contributed by atoms with E-state index in [0.29, 0.717) is 12.1 Å². The summed E-state index contributed by atoms with van der Waals surface area (Å²) in [7, 11) is 1.85. The first-order chi connectivity index (χ1) is 12.0. The molecule has 0 aliphatic carbocycles. The highest BCUT2D eigenvalue weighted by molar-refractivity contribution is 5.96. The predicted molar refractivity (Wildman–Crippen MR) is 98.7 cm³/mol. The minimum atomic E-state index is -0.0859. The van der Waals surface area contributed by atoms with Gasteiger partial charge in [-0.05, 0) is 44.2 Å². The minimum Gasteiger partial charge on any atom is -0.357 e. The summed E-state index contributed by atoms with van der Waals surface area (Å²) in [6, 6.07) is 4.10. The number of carbonyl (C=O) groups excluding carboxylic acids is 1. The highest BCUT2D eigenvalue weighted by Crippen LogP contribution is 2.21. The van der Waals surface area contributed by atoms with Crippen LogP contribution in [0.25, 0.3) is 0 Å². The molecule has 3 heterocycles. The van der Waals surface area contributed by atoms with Crippen LogP contribution >= 0.6 is 0 Å². The van der Waals surface area contributed by atoms with Crippen LogP contribution < -0.4 is 10.2 Å². The van der Waals surface area contributed by atoms with Crippen LogP contribution in [0.4, 0.5) is 5.82 Å². The van der Waals surface area contributed by atoms with Gasteiger partial charge in [-0.3, -0.25) is 9.48 Å². The lowest BCUT2D eigenvalue weighted by Gasteiger charge is -2.31. The third kappa shape index (κ3) is 3.83. The van der Waals surface area contributed by atoms with Crippen molar-refractivity contribution in [2.45, 2.75) is 40.2 Å². The second kappa shape index (κ2) is 7.25. The Balaban J connectivity index is 1.59. The predicted octanol–water partition coefficient (Wildman–Crippen LogP) is 2.60. The van der Waals surface area contributed by atoms with Gasteiger partial charge in [0.1, 0.15) is 5.82 Å². The first kappa shape index (κ1) is 17.5. The number of piperidine rings is 1. The van der Waals surface area contributed by atoms with Gasteiger partial charge in [-0.15, -0.1) is 0 Å². The molecule has 6 nitrogen and oxygen atoms in total. The first-order valence-corrected chi connectivity index (χ1v) is 8.94. The van der Waals surface area contributed by atoms with Crippen molar-refractivity contribution in [3.05, 3.63) is 40.8 Å². The van der Waals surface area contributed by atoms with E-state index in [2.05, 4.69) is 33.3 Å². The molecule has 0 radical (unpaired) electrons. The molecule has 1 aliphatic heterocycles. The van der Waals surface area contributed by atoms with Crippen LogP contribution in [0.15, 0.2) is 18.3 Å². The molecule has 1 aliphatic rings. The molecule has 1 fully saturated rings. The third-order valence-electron chi connectivity index (χ3n) is 5.11. The van der Waals surface area contributed by atoms with Gasteiger partial charge in [0, 0.05) is 38.6 Å². The second-order valence-corrected chi connectivity index (χ2v) is 7.05. The number of aryl methyl sites for hydroxylation is 2. The first-order valence-electron chi connectivity index (χ1n) is 8.94. The van der Waals surface area contributed by atoms with Gasteiger partial charge < -0.3 is 10.2 Å². The normalized spacial score (nSPS) is 15.4. The SMILES string of the molecule is Cc1nn(C)c(C)c1C(=O)NCc1ccc(N2CCC(C)CC2)nc1. The lowest BCUT2D eigenvalue weighted by atomic mass is 9.99. The van der Waals surface area contributed by atoms with Crippen molar-refractivity contribution in [1.29, 1.82) is 0 Å². The van der Waals surface area contributed by atoms with Gasteiger partial charge in [-0.25, -0.2) is 4.98 Å². The molecular formula is C19H27N5O. The maximum absolute atomic E-state index is 12.4. The number of pyridine rings is 1. The Hall–Kier alpha value is -2.37. The highest BCUT2D eigenvalue weighted by Gasteiger charge is 2.18. The van der Waals surface area contributed by atoms with Gasteiger partial charge >= 0.3 is 0 Å². The molecule has 25 heavy (non-hydrogen) atoms. The molecular weight excluding hydrogens is 314 g/mol. The third-order valence-corrected chi connectivity index (χ3v) is 5.11. The Morgan fingerprint density at radius 1 is 1.28 bits per heavy atom. The lowest BCUT2D eigenvalue weighted by molar-refractivity contribution is 0.0949. The summed E-state index contributed by atoms with van der Waals surface area (Å²) in [6.07, 6.45) is 4.31. The molecule has 3 rings (SSSR count). The lowest BCUT2D eigenvalue weighted by Crippen LogP contribution is -2.33. The highest BCUT2D eigenvalue weighted by atomic mass is 16.1. The zero-order chi connectivity index (χ0) is 18.0. The minimum absolute atomic E-state index is 0.0859. The van der Waals surface area contributed by atoms with E-state index in [-0.39, 0.29) is 5.91 Å². The van der Waals surface area contributed by atoms with Crippen molar-refractivity contribution < 1.29 is 4.79 Å². The van der Waals surface area contributed by atoms with Crippen molar-refractivity contribution in [3.8, 4) is 0 Å². The summed E-state index contributed by atoms with van der Waals surface area (Å²) in [6.45, 7) is 8.69. The van der Waals surface area contributed by atoms with Gasteiger partial charge in [-0.1, -0.05) is 13.0 Å². The van der Waals surface area contributed by atoms with Crippen LogP contribution in [0.5, 0.6) is 0 Å². The molecule has 2 aromatic heterocycles. The van der Waals surface area contributed by atoms with Crippen LogP contribution in [-0.2, 0) is 13.6 Å². The van der Waals surface area contributed by atoms with Crippen molar-refractivity contribution in [2.75, 3.05) is 18.0 Å². The summed E-state index contributed by atoms with van der Waals surface area (Å²) in [5.74, 6) is 1.75. The van der Waals surface area contributed by atoms with Crippen LogP contribution in [0.2, 0.25) is 0 Å². The summed E-state index contributed by atoms with van der Waals surface area (Å²) in [5, 5.41) is 7.26. The molecule has 2 aromatic rings. The number of nitrogens with zero attached hydrogens (tertiary/aromatic N) is 4. The van der Waals surface area contributed by atoms with Gasteiger partial charge in [0.2, 0.25) is 0 Å². The second-order valence-electron chi connectivity index (χ2n) is 7.05. The number of hydrogen-bond acceptors (Lipinski definition) is 4. The van der Waals surface area contributed by atoms with Gasteiger partial charge in [0.25, 0.3) is 5.91 Å². The van der Waals surface area contributed by atoms with E-state index in [1.807, 2.05) is 33.2 Å². The van der Waals surface area contributed by atoms with E-state index in [1.165, 1.54) is 12.8 Å². The van der Waals surface area contributed by atoms with E-state index in [1.54, 1.807) is 4.68 Å². The van der Waals surface area contributed by atoms with Gasteiger partial charge in [-0.2, -0.15) is 5.10 Å². The van der Waals surface area contributed by atoms with E-state index in [0.717, 1.165) is 41.8 Å². The molecule has 1 amide bonds. The van der Waals surface area contributed by atoms with Crippen LogP contribution in [0, 0.1) is 19.8 Å². The summed E-state index contributed by atoms with van der Waals surface area (Å²) < 4.78 is 1.74. The maximum atomic E-state index is 12.4. The molecule has 134 valence electrons. The van der Waals surface area contributed by atoms with Crippen molar-refractivity contribution in [1.82, 2.24) is 20.1 Å². The van der Waals surface area contributed by atoms with Crippen molar-refractivity contribution in [3.63, 3.8) is 0 Å². The number of nitrogens with one attached hydrogen (secondary N) is 1. The number of anilines is 1. The number of rotatable bonds is 4. The van der Waals surface area contributed by atoms with Gasteiger partial charge in [0.15, 0.2) is 0 Å². The monoisotopic (exact) mass is 341 g/mol. The smallest absolute Gasteiger partial charge is 0.255 e. The Morgan fingerprint density at radius 3 is 2.56 bits per heavy atom. The number of hydrogen-bond donors (Lipinski definition) is 1. The standard InChI is InChI=1S/C19H27N5O/c1-13-7-9-24(10-8-13)17-6-5-16(11-20-17)12-21-19(25)18-14(2)22-23(4)15(18)3/h5-6,11,13H,7-10,12H2,1-4H3,(H,21,25). The maximum Gasteiger partial charge on any atom is 0.255 e.